The lowest BCUT2D eigenvalue weighted by molar-refractivity contribution is -0.146. The summed E-state index contributed by atoms with van der Waals surface area (Å²) in [6.45, 7) is 5.78. The molecule has 116 valence electrons. The molecule has 0 heterocycles. The number of aliphatic carboxylic acids is 1. The number of nitrogens with one attached hydrogen (secondary N) is 1. The summed E-state index contributed by atoms with van der Waals surface area (Å²) in [7, 11) is 0. The Kier molecular flexibility index (Phi) is 6.21. The highest BCUT2D eigenvalue weighted by Crippen LogP contribution is 2.19. The molecule has 5 nitrogen and oxygen atoms in total. The van der Waals surface area contributed by atoms with Crippen molar-refractivity contribution in [3.05, 3.63) is 29.8 Å². The highest BCUT2D eigenvalue weighted by atomic mass is 16.5. The van der Waals surface area contributed by atoms with Crippen LogP contribution in [0.5, 0.6) is 5.75 Å². The molecular formula is C16H23NO4. The van der Waals surface area contributed by atoms with Crippen LogP contribution >= 0.6 is 0 Å². The van der Waals surface area contributed by atoms with Gasteiger partial charge in [-0.25, -0.2) is 0 Å². The van der Waals surface area contributed by atoms with E-state index >= 15 is 0 Å². The Bertz CT molecular complexity index is 497. The first-order valence-corrected chi connectivity index (χ1v) is 7.07. The SMILES string of the molecule is CCOc1ccccc1CCC(=O)NCC(C)(C)C(=O)O. The molecule has 2 N–H and O–H groups in total. The van der Waals surface area contributed by atoms with Gasteiger partial charge in [-0.15, -0.1) is 0 Å². The summed E-state index contributed by atoms with van der Waals surface area (Å²) in [6, 6.07) is 7.61. The normalized spacial score (nSPS) is 11.0. The molecule has 0 radical (unpaired) electrons. The molecule has 0 aromatic heterocycles. The highest BCUT2D eigenvalue weighted by molar-refractivity contribution is 5.78. The second-order valence-electron chi connectivity index (χ2n) is 5.51. The highest BCUT2D eigenvalue weighted by Gasteiger charge is 2.27. The summed E-state index contributed by atoms with van der Waals surface area (Å²) < 4.78 is 5.51. The van der Waals surface area contributed by atoms with Gasteiger partial charge in [0.25, 0.3) is 0 Å². The van der Waals surface area contributed by atoms with Crippen molar-refractivity contribution in [2.45, 2.75) is 33.6 Å². The monoisotopic (exact) mass is 293 g/mol. The van der Waals surface area contributed by atoms with Crippen LogP contribution in [0.3, 0.4) is 0 Å². The third kappa shape index (κ3) is 5.45. The Hall–Kier alpha value is -2.04. The van der Waals surface area contributed by atoms with Crippen LogP contribution in [0.2, 0.25) is 0 Å². The molecule has 0 saturated heterocycles. The van der Waals surface area contributed by atoms with Crippen molar-refractivity contribution in [2.75, 3.05) is 13.2 Å². The molecule has 0 unspecified atom stereocenters. The van der Waals surface area contributed by atoms with Gasteiger partial charge in [-0.1, -0.05) is 18.2 Å². The van der Waals surface area contributed by atoms with E-state index < -0.39 is 11.4 Å². The lowest BCUT2D eigenvalue weighted by Crippen LogP contribution is -2.38. The Morgan fingerprint density at radius 2 is 1.95 bits per heavy atom. The predicted octanol–water partition coefficient (Wildman–Crippen LogP) is 2.24. The summed E-state index contributed by atoms with van der Waals surface area (Å²) in [4.78, 5) is 22.8. The second-order valence-corrected chi connectivity index (χ2v) is 5.51. The average Bonchev–Trinajstić information content (AvgIpc) is 2.44. The Labute approximate surface area is 125 Å². The van der Waals surface area contributed by atoms with Crippen molar-refractivity contribution >= 4 is 11.9 Å². The fourth-order valence-corrected chi connectivity index (χ4v) is 1.74. The van der Waals surface area contributed by atoms with Gasteiger partial charge in [0.05, 0.1) is 12.0 Å². The number of aryl methyl sites for hydroxylation is 1. The van der Waals surface area contributed by atoms with Crippen molar-refractivity contribution in [1.82, 2.24) is 5.32 Å². The molecule has 0 aliphatic heterocycles. The van der Waals surface area contributed by atoms with Crippen LogP contribution in [0, 0.1) is 5.41 Å². The van der Waals surface area contributed by atoms with Crippen LogP contribution < -0.4 is 10.1 Å². The Morgan fingerprint density at radius 3 is 2.57 bits per heavy atom. The van der Waals surface area contributed by atoms with E-state index in [2.05, 4.69) is 5.32 Å². The molecule has 0 bridgehead atoms. The van der Waals surface area contributed by atoms with Gasteiger partial charge in [-0.2, -0.15) is 0 Å². The number of ether oxygens (including phenoxy) is 1. The number of hydrogen-bond donors (Lipinski definition) is 2. The fourth-order valence-electron chi connectivity index (χ4n) is 1.74. The van der Waals surface area contributed by atoms with Gasteiger partial charge in [0.1, 0.15) is 5.75 Å². The third-order valence-electron chi connectivity index (χ3n) is 3.20. The number of carbonyl (C=O) groups is 2. The topological polar surface area (TPSA) is 75.6 Å². The standard InChI is InChI=1S/C16H23NO4/c1-4-21-13-8-6-5-7-12(13)9-10-14(18)17-11-16(2,3)15(19)20/h5-8H,4,9-11H2,1-3H3,(H,17,18)(H,19,20). The van der Waals surface area contributed by atoms with Crippen molar-refractivity contribution in [2.24, 2.45) is 5.41 Å². The van der Waals surface area contributed by atoms with Crippen LogP contribution in [0.15, 0.2) is 24.3 Å². The number of amides is 1. The number of carboxylic acid groups (broad SMARTS) is 1. The molecule has 1 aromatic rings. The molecule has 0 spiro atoms. The number of rotatable bonds is 8. The van der Waals surface area contributed by atoms with E-state index in [1.165, 1.54) is 0 Å². The van der Waals surface area contributed by atoms with Crippen molar-refractivity contribution < 1.29 is 19.4 Å². The second kappa shape index (κ2) is 7.67. The van der Waals surface area contributed by atoms with Gasteiger partial charge < -0.3 is 15.2 Å². The molecule has 1 aromatic carbocycles. The number of hydrogen-bond acceptors (Lipinski definition) is 3. The van der Waals surface area contributed by atoms with Crippen molar-refractivity contribution in [1.29, 1.82) is 0 Å². The fraction of sp³-hybridized carbons (Fsp3) is 0.500. The molecule has 1 rings (SSSR count). The van der Waals surface area contributed by atoms with E-state index in [9.17, 15) is 9.59 Å². The number of carboxylic acids is 1. The third-order valence-corrected chi connectivity index (χ3v) is 3.20. The molecule has 0 fully saturated rings. The van der Waals surface area contributed by atoms with Crippen LogP contribution in [-0.4, -0.2) is 30.1 Å². The molecule has 1 amide bonds. The minimum Gasteiger partial charge on any atom is -0.494 e. The zero-order valence-electron chi connectivity index (χ0n) is 12.8. The number of para-hydroxylation sites is 1. The molecule has 0 saturated carbocycles. The summed E-state index contributed by atoms with van der Waals surface area (Å²) in [5.41, 5.74) is 0.0193. The summed E-state index contributed by atoms with van der Waals surface area (Å²) in [5.74, 6) is -0.293. The zero-order chi connectivity index (χ0) is 15.9. The van der Waals surface area contributed by atoms with Crippen LogP contribution in [0.4, 0.5) is 0 Å². The smallest absolute Gasteiger partial charge is 0.310 e. The van der Waals surface area contributed by atoms with Gasteiger partial charge in [-0.3, -0.25) is 9.59 Å². The number of benzene rings is 1. The van der Waals surface area contributed by atoms with Crippen molar-refractivity contribution in [3.63, 3.8) is 0 Å². The van der Waals surface area contributed by atoms with E-state index in [1.54, 1.807) is 13.8 Å². The maximum Gasteiger partial charge on any atom is 0.310 e. The van der Waals surface area contributed by atoms with E-state index in [-0.39, 0.29) is 12.5 Å². The molecular weight excluding hydrogens is 270 g/mol. The van der Waals surface area contributed by atoms with Crippen LogP contribution in [0.1, 0.15) is 32.8 Å². The first-order valence-electron chi connectivity index (χ1n) is 7.07. The lowest BCUT2D eigenvalue weighted by atomic mass is 9.94. The van der Waals surface area contributed by atoms with Gasteiger partial charge in [0.2, 0.25) is 5.91 Å². The maximum atomic E-state index is 11.8. The van der Waals surface area contributed by atoms with E-state index in [4.69, 9.17) is 9.84 Å². The van der Waals surface area contributed by atoms with E-state index in [0.29, 0.717) is 19.4 Å². The first kappa shape index (κ1) is 17.0. The largest absolute Gasteiger partial charge is 0.494 e. The van der Waals surface area contributed by atoms with Gasteiger partial charge in [0, 0.05) is 13.0 Å². The van der Waals surface area contributed by atoms with E-state index in [1.807, 2.05) is 31.2 Å². The molecule has 21 heavy (non-hydrogen) atoms. The zero-order valence-corrected chi connectivity index (χ0v) is 12.8. The summed E-state index contributed by atoms with van der Waals surface area (Å²) >= 11 is 0. The number of carbonyl (C=O) groups excluding carboxylic acids is 1. The first-order chi connectivity index (χ1) is 9.86. The molecule has 5 heteroatoms. The quantitative estimate of drug-likeness (QED) is 0.771. The Morgan fingerprint density at radius 1 is 1.29 bits per heavy atom. The minimum atomic E-state index is -0.959. The Balaban J connectivity index is 2.49. The summed E-state index contributed by atoms with van der Waals surface area (Å²) in [5, 5.41) is 11.7. The molecule has 0 aliphatic carbocycles. The average molecular weight is 293 g/mol. The summed E-state index contributed by atoms with van der Waals surface area (Å²) in [6.07, 6.45) is 0.870. The predicted molar refractivity (Wildman–Crippen MR) is 80.4 cm³/mol. The van der Waals surface area contributed by atoms with Gasteiger partial charge >= 0.3 is 5.97 Å². The van der Waals surface area contributed by atoms with Gasteiger partial charge in [-0.05, 0) is 38.8 Å². The molecule has 0 atom stereocenters. The van der Waals surface area contributed by atoms with E-state index in [0.717, 1.165) is 11.3 Å². The van der Waals surface area contributed by atoms with Crippen LogP contribution in [-0.2, 0) is 16.0 Å². The van der Waals surface area contributed by atoms with Crippen molar-refractivity contribution in [3.8, 4) is 5.75 Å². The molecule has 0 aliphatic rings. The van der Waals surface area contributed by atoms with Gasteiger partial charge in [0.15, 0.2) is 0 Å². The van der Waals surface area contributed by atoms with Crippen LogP contribution in [0.25, 0.3) is 0 Å². The minimum absolute atomic E-state index is 0.119. The maximum absolute atomic E-state index is 11.8. The lowest BCUT2D eigenvalue weighted by Gasteiger charge is -2.19.